The standard InChI is InChI=1S/C35H66O4/c1-4-7-10-12-14-15-16-17-18-19-21-23-26-29-35(37)39-34-30-33(38-32(34)28-24-9-6-3)31(36)27-25-22-20-13-11-8-5-2/h5,31-34,36H,2,4,6-30H2,1,3H3/t31-,32+,33?,34+/m1/s1. The van der Waals surface area contributed by atoms with E-state index in [2.05, 4.69) is 20.4 Å². The molecule has 1 fully saturated rings. The van der Waals surface area contributed by atoms with Crippen molar-refractivity contribution in [3.05, 3.63) is 12.7 Å². The Kier molecular flexibility index (Phi) is 24.2. The molecular weight excluding hydrogens is 484 g/mol. The number of hydrogen-bond donors (Lipinski definition) is 1. The third-order valence-electron chi connectivity index (χ3n) is 8.43. The lowest BCUT2D eigenvalue weighted by Gasteiger charge is -2.20. The minimum Gasteiger partial charge on any atom is -0.459 e. The van der Waals surface area contributed by atoms with E-state index in [0.717, 1.165) is 57.8 Å². The van der Waals surface area contributed by atoms with Gasteiger partial charge >= 0.3 is 5.97 Å². The number of ether oxygens (including phenoxy) is 2. The number of carbonyl (C=O) groups excluding carboxylic acids is 1. The van der Waals surface area contributed by atoms with E-state index >= 15 is 0 Å². The maximum atomic E-state index is 12.6. The van der Waals surface area contributed by atoms with Crippen LogP contribution in [0.15, 0.2) is 12.7 Å². The molecule has 230 valence electrons. The summed E-state index contributed by atoms with van der Waals surface area (Å²) in [7, 11) is 0. The lowest BCUT2D eigenvalue weighted by Crippen LogP contribution is -2.27. The van der Waals surface area contributed by atoms with E-state index in [4.69, 9.17) is 9.47 Å². The third-order valence-corrected chi connectivity index (χ3v) is 8.43. The number of unbranched alkanes of at least 4 members (excludes halogenated alkanes) is 19. The Labute approximate surface area is 243 Å². The van der Waals surface area contributed by atoms with E-state index in [-0.39, 0.29) is 24.3 Å². The first kappa shape index (κ1) is 36.2. The summed E-state index contributed by atoms with van der Waals surface area (Å²) in [6, 6.07) is 0. The van der Waals surface area contributed by atoms with Crippen molar-refractivity contribution in [2.45, 2.75) is 205 Å². The molecule has 1 rings (SSSR count). The zero-order valence-electron chi connectivity index (χ0n) is 26.2. The van der Waals surface area contributed by atoms with Gasteiger partial charge in [0.2, 0.25) is 0 Å². The molecule has 1 unspecified atom stereocenters. The second kappa shape index (κ2) is 26.1. The molecule has 0 saturated carbocycles. The average molecular weight is 551 g/mol. The normalized spacial score (nSPS) is 19.8. The molecule has 4 nitrogen and oxygen atoms in total. The Hall–Kier alpha value is -0.870. The van der Waals surface area contributed by atoms with Crippen LogP contribution in [0.1, 0.15) is 181 Å². The molecule has 1 saturated heterocycles. The van der Waals surface area contributed by atoms with Crippen LogP contribution in [0, 0.1) is 0 Å². The van der Waals surface area contributed by atoms with Crippen LogP contribution in [0.5, 0.6) is 0 Å². The first-order chi connectivity index (χ1) is 19.1. The molecule has 0 aromatic carbocycles. The SMILES string of the molecule is C=CCCCCCCC[C@@H](O)C1C[C@H](OC(=O)CCCCCCCCCCCCCCC)[C@H](CCCCC)O1. The van der Waals surface area contributed by atoms with Crippen molar-refractivity contribution in [1.82, 2.24) is 0 Å². The molecule has 4 atom stereocenters. The molecule has 0 spiro atoms. The first-order valence-corrected chi connectivity index (χ1v) is 17.3. The number of aliphatic hydroxyl groups excluding tert-OH is 1. The van der Waals surface area contributed by atoms with Crippen molar-refractivity contribution in [2.24, 2.45) is 0 Å². The summed E-state index contributed by atoms with van der Waals surface area (Å²) >= 11 is 0. The largest absolute Gasteiger partial charge is 0.459 e. The third kappa shape index (κ3) is 19.8. The summed E-state index contributed by atoms with van der Waals surface area (Å²) < 4.78 is 12.2. The van der Waals surface area contributed by atoms with Gasteiger partial charge in [-0.1, -0.05) is 142 Å². The second-order valence-corrected chi connectivity index (χ2v) is 12.2. The van der Waals surface area contributed by atoms with Crippen molar-refractivity contribution in [3.63, 3.8) is 0 Å². The Morgan fingerprint density at radius 2 is 1.31 bits per heavy atom. The fraction of sp³-hybridized carbons (Fsp3) is 0.914. The smallest absolute Gasteiger partial charge is 0.306 e. The van der Waals surface area contributed by atoms with Gasteiger partial charge in [0.05, 0.1) is 18.3 Å². The summed E-state index contributed by atoms with van der Waals surface area (Å²) in [4.78, 5) is 12.6. The zero-order chi connectivity index (χ0) is 28.4. The summed E-state index contributed by atoms with van der Waals surface area (Å²) in [5.74, 6) is -0.0816. The van der Waals surface area contributed by atoms with E-state index in [1.807, 2.05) is 6.08 Å². The van der Waals surface area contributed by atoms with Gasteiger partial charge in [-0.05, 0) is 32.1 Å². The van der Waals surface area contributed by atoms with Crippen LogP contribution in [-0.4, -0.2) is 35.5 Å². The number of aliphatic hydroxyl groups is 1. The van der Waals surface area contributed by atoms with Crippen molar-refractivity contribution >= 4 is 5.97 Å². The molecule has 1 aliphatic heterocycles. The van der Waals surface area contributed by atoms with Crippen LogP contribution < -0.4 is 0 Å². The van der Waals surface area contributed by atoms with Crippen molar-refractivity contribution < 1.29 is 19.4 Å². The van der Waals surface area contributed by atoms with Crippen LogP contribution in [-0.2, 0) is 14.3 Å². The van der Waals surface area contributed by atoms with E-state index in [9.17, 15) is 9.90 Å². The highest BCUT2D eigenvalue weighted by Gasteiger charge is 2.40. The van der Waals surface area contributed by atoms with Gasteiger partial charge in [0.15, 0.2) is 0 Å². The molecule has 0 aromatic heterocycles. The van der Waals surface area contributed by atoms with E-state index in [1.165, 1.54) is 96.3 Å². The molecule has 1 N–H and O–H groups in total. The van der Waals surface area contributed by atoms with Crippen LogP contribution in [0.4, 0.5) is 0 Å². The highest BCUT2D eigenvalue weighted by molar-refractivity contribution is 5.69. The maximum absolute atomic E-state index is 12.6. The molecule has 0 amide bonds. The monoisotopic (exact) mass is 550 g/mol. The predicted octanol–water partition coefficient (Wildman–Crippen LogP) is 10.4. The Morgan fingerprint density at radius 3 is 1.90 bits per heavy atom. The Bertz CT molecular complexity index is 563. The molecule has 39 heavy (non-hydrogen) atoms. The van der Waals surface area contributed by atoms with E-state index in [0.29, 0.717) is 12.8 Å². The van der Waals surface area contributed by atoms with Gasteiger partial charge in [0.1, 0.15) is 6.10 Å². The maximum Gasteiger partial charge on any atom is 0.306 e. The molecule has 1 aliphatic rings. The summed E-state index contributed by atoms with van der Waals surface area (Å²) in [5, 5.41) is 10.8. The summed E-state index contributed by atoms with van der Waals surface area (Å²) in [6.07, 6.45) is 31.2. The van der Waals surface area contributed by atoms with Crippen LogP contribution in [0.2, 0.25) is 0 Å². The van der Waals surface area contributed by atoms with Gasteiger partial charge in [-0.3, -0.25) is 4.79 Å². The topological polar surface area (TPSA) is 55.8 Å². The Balaban J connectivity index is 2.20. The average Bonchev–Trinajstić information content (AvgIpc) is 3.33. The first-order valence-electron chi connectivity index (χ1n) is 17.3. The van der Waals surface area contributed by atoms with Crippen LogP contribution in [0.3, 0.4) is 0 Å². The number of hydrogen-bond acceptors (Lipinski definition) is 4. The van der Waals surface area contributed by atoms with Crippen molar-refractivity contribution in [3.8, 4) is 0 Å². The number of allylic oxidation sites excluding steroid dienone is 1. The van der Waals surface area contributed by atoms with E-state index < -0.39 is 6.10 Å². The van der Waals surface area contributed by atoms with Gasteiger partial charge in [0.25, 0.3) is 0 Å². The molecule has 4 heteroatoms. The molecule has 0 aliphatic carbocycles. The van der Waals surface area contributed by atoms with Gasteiger partial charge < -0.3 is 14.6 Å². The van der Waals surface area contributed by atoms with Gasteiger partial charge in [-0.15, -0.1) is 6.58 Å². The zero-order valence-corrected chi connectivity index (χ0v) is 26.2. The number of carbonyl (C=O) groups is 1. The molecule has 0 bridgehead atoms. The van der Waals surface area contributed by atoms with Crippen molar-refractivity contribution in [2.75, 3.05) is 0 Å². The lowest BCUT2D eigenvalue weighted by molar-refractivity contribution is -0.152. The summed E-state index contributed by atoms with van der Waals surface area (Å²) in [6.45, 7) is 8.26. The molecule has 0 aromatic rings. The van der Waals surface area contributed by atoms with Crippen LogP contribution in [0.25, 0.3) is 0 Å². The number of esters is 1. The second-order valence-electron chi connectivity index (χ2n) is 12.2. The quantitative estimate of drug-likeness (QED) is 0.0598. The van der Waals surface area contributed by atoms with Crippen molar-refractivity contribution in [1.29, 1.82) is 0 Å². The highest BCUT2D eigenvalue weighted by Crippen LogP contribution is 2.31. The van der Waals surface area contributed by atoms with Gasteiger partial charge in [0, 0.05) is 12.8 Å². The van der Waals surface area contributed by atoms with Gasteiger partial charge in [-0.2, -0.15) is 0 Å². The van der Waals surface area contributed by atoms with E-state index in [1.54, 1.807) is 0 Å². The predicted molar refractivity (Wildman–Crippen MR) is 166 cm³/mol. The highest BCUT2D eigenvalue weighted by atomic mass is 16.6. The fourth-order valence-corrected chi connectivity index (χ4v) is 5.84. The minimum absolute atomic E-state index is 0.0642. The molecular formula is C35H66O4. The van der Waals surface area contributed by atoms with Gasteiger partial charge in [-0.25, -0.2) is 0 Å². The fourth-order valence-electron chi connectivity index (χ4n) is 5.84. The molecule has 1 heterocycles. The minimum atomic E-state index is -0.461. The summed E-state index contributed by atoms with van der Waals surface area (Å²) in [5.41, 5.74) is 0. The van der Waals surface area contributed by atoms with Crippen LogP contribution >= 0.6 is 0 Å². The Morgan fingerprint density at radius 1 is 0.795 bits per heavy atom. The lowest BCUT2D eigenvalue weighted by atomic mass is 10.00. The molecule has 0 radical (unpaired) electrons. The number of rotatable bonds is 28.